The van der Waals surface area contributed by atoms with Crippen LogP contribution in [0.25, 0.3) is 11.1 Å². The largest absolute Gasteiger partial charge is 0.507 e. The lowest BCUT2D eigenvalue weighted by Gasteiger charge is -2.14. The molecule has 3 rings (SSSR count). The number of rotatable bonds is 5. The molecule has 2 aromatic carbocycles. The zero-order valence-electron chi connectivity index (χ0n) is 16.5. The Bertz CT molecular complexity index is 1220. The Morgan fingerprint density at radius 1 is 1.25 bits per heavy atom. The van der Waals surface area contributed by atoms with E-state index in [4.69, 9.17) is 16.3 Å². The fraction of sp³-hybridized carbons (Fsp3) is 0.136. The van der Waals surface area contributed by atoms with Crippen molar-refractivity contribution in [2.24, 2.45) is 0 Å². The zero-order chi connectivity index (χ0) is 23.5. The number of halogens is 4. The van der Waals surface area contributed by atoms with Crippen LogP contribution in [0.15, 0.2) is 48.7 Å². The maximum atomic E-state index is 12.9. The summed E-state index contributed by atoms with van der Waals surface area (Å²) in [6, 6.07) is 11.6. The van der Waals surface area contributed by atoms with Crippen molar-refractivity contribution in [1.82, 2.24) is 10.3 Å². The van der Waals surface area contributed by atoms with E-state index in [9.17, 15) is 28.3 Å². The lowest BCUT2D eigenvalue weighted by molar-refractivity contribution is -0.141. The lowest BCUT2D eigenvalue weighted by atomic mass is 9.98. The third-order valence-electron chi connectivity index (χ3n) is 4.57. The third-order valence-corrected chi connectivity index (χ3v) is 4.88. The fourth-order valence-corrected chi connectivity index (χ4v) is 3.25. The van der Waals surface area contributed by atoms with Gasteiger partial charge in [-0.3, -0.25) is 9.78 Å². The Kier molecular flexibility index (Phi) is 6.55. The number of nitriles is 1. The van der Waals surface area contributed by atoms with Crippen LogP contribution in [0.4, 0.5) is 13.2 Å². The molecule has 0 fully saturated rings. The second kappa shape index (κ2) is 9.16. The van der Waals surface area contributed by atoms with E-state index in [1.54, 1.807) is 30.3 Å². The van der Waals surface area contributed by atoms with Crippen molar-refractivity contribution in [2.75, 3.05) is 7.11 Å². The molecule has 6 nitrogen and oxygen atoms in total. The average Bonchev–Trinajstić information content (AvgIpc) is 2.76. The number of hydrogen-bond donors (Lipinski definition) is 2. The molecule has 0 atom stereocenters. The van der Waals surface area contributed by atoms with E-state index in [0.29, 0.717) is 17.4 Å². The van der Waals surface area contributed by atoms with Gasteiger partial charge in [0.1, 0.15) is 17.2 Å². The summed E-state index contributed by atoms with van der Waals surface area (Å²) in [7, 11) is 1.49. The molecule has 0 aliphatic rings. The molecule has 0 radical (unpaired) electrons. The van der Waals surface area contributed by atoms with Gasteiger partial charge in [-0.2, -0.15) is 18.4 Å². The van der Waals surface area contributed by atoms with Crippen LogP contribution in [-0.4, -0.2) is 23.1 Å². The van der Waals surface area contributed by atoms with Crippen LogP contribution in [0, 0.1) is 11.3 Å². The number of aromatic hydroxyl groups is 1. The zero-order valence-corrected chi connectivity index (χ0v) is 17.3. The normalized spacial score (nSPS) is 11.0. The van der Waals surface area contributed by atoms with E-state index < -0.39 is 23.5 Å². The van der Waals surface area contributed by atoms with Crippen molar-refractivity contribution in [3.63, 3.8) is 0 Å². The van der Waals surface area contributed by atoms with Crippen molar-refractivity contribution in [3.8, 4) is 28.7 Å². The van der Waals surface area contributed by atoms with Gasteiger partial charge in [0.15, 0.2) is 0 Å². The summed E-state index contributed by atoms with van der Waals surface area (Å²) in [5.74, 6) is -0.539. The predicted octanol–water partition coefficient (Wildman–Crippen LogP) is 4.94. The molecule has 0 unspecified atom stereocenters. The molecule has 2 N–H and O–H groups in total. The van der Waals surface area contributed by atoms with E-state index >= 15 is 0 Å². The minimum Gasteiger partial charge on any atom is -0.507 e. The van der Waals surface area contributed by atoms with E-state index in [1.807, 2.05) is 0 Å². The van der Waals surface area contributed by atoms with Gasteiger partial charge in [-0.15, -0.1) is 0 Å². The first-order valence-corrected chi connectivity index (χ1v) is 9.43. The second-order valence-electron chi connectivity index (χ2n) is 6.57. The van der Waals surface area contributed by atoms with E-state index in [2.05, 4.69) is 10.3 Å². The van der Waals surface area contributed by atoms with Crippen molar-refractivity contribution in [1.29, 1.82) is 5.26 Å². The first-order chi connectivity index (χ1) is 15.2. The minimum atomic E-state index is -4.73. The molecule has 0 bridgehead atoms. The number of benzene rings is 2. The Morgan fingerprint density at radius 3 is 2.62 bits per heavy atom. The van der Waals surface area contributed by atoms with Gasteiger partial charge in [0.05, 0.1) is 29.3 Å². The van der Waals surface area contributed by atoms with Crippen LogP contribution >= 0.6 is 11.6 Å². The molecule has 1 aromatic heterocycles. The molecule has 0 aliphatic heterocycles. The quantitative estimate of drug-likeness (QED) is 0.561. The van der Waals surface area contributed by atoms with Crippen molar-refractivity contribution < 1.29 is 27.8 Å². The smallest absolute Gasteiger partial charge is 0.433 e. The van der Waals surface area contributed by atoms with Gasteiger partial charge in [0.2, 0.25) is 0 Å². The number of phenolic OH excluding ortho intramolecular Hbond substituents is 1. The number of phenols is 1. The number of methoxy groups -OCH3 is 1. The number of pyridine rings is 1. The number of nitrogens with zero attached hydrogens (tertiary/aromatic N) is 2. The number of aromatic nitrogens is 1. The molecule has 0 aliphatic carbocycles. The van der Waals surface area contributed by atoms with Crippen LogP contribution in [0.3, 0.4) is 0 Å². The molecule has 0 saturated carbocycles. The van der Waals surface area contributed by atoms with Gasteiger partial charge in [-0.05, 0) is 24.3 Å². The van der Waals surface area contributed by atoms with E-state index in [0.717, 1.165) is 12.3 Å². The van der Waals surface area contributed by atoms with Crippen LogP contribution in [-0.2, 0) is 12.7 Å². The first kappa shape index (κ1) is 22.9. The monoisotopic (exact) mass is 461 g/mol. The van der Waals surface area contributed by atoms with Gasteiger partial charge < -0.3 is 15.2 Å². The van der Waals surface area contributed by atoms with Gasteiger partial charge in [0.25, 0.3) is 5.91 Å². The lowest BCUT2D eigenvalue weighted by Crippen LogP contribution is -2.23. The highest BCUT2D eigenvalue weighted by Gasteiger charge is 2.33. The highest BCUT2D eigenvalue weighted by Crippen LogP contribution is 2.37. The summed E-state index contributed by atoms with van der Waals surface area (Å²) in [5, 5.41) is 22.1. The van der Waals surface area contributed by atoms with Crippen LogP contribution < -0.4 is 10.1 Å². The van der Waals surface area contributed by atoms with Crippen molar-refractivity contribution in [2.45, 2.75) is 12.7 Å². The summed E-state index contributed by atoms with van der Waals surface area (Å²) in [6.07, 6.45) is -3.87. The number of carbonyl (C=O) groups is 1. The fourth-order valence-electron chi connectivity index (χ4n) is 2.99. The third kappa shape index (κ3) is 4.76. The van der Waals surface area contributed by atoms with Gasteiger partial charge in [0, 0.05) is 29.4 Å². The summed E-state index contributed by atoms with van der Waals surface area (Å²) in [4.78, 5) is 16.0. The minimum absolute atomic E-state index is 0.00993. The molecular formula is C22H15ClF3N3O3. The SMILES string of the molecule is COc1ccccc1CNC(=O)c1cc(-c2cnc(C(F)(F)F)cc2C#N)c(Cl)cc1O. The highest BCUT2D eigenvalue weighted by molar-refractivity contribution is 6.33. The molecule has 3 aromatic rings. The number of nitrogens with one attached hydrogen (secondary N) is 1. The number of amides is 1. The van der Waals surface area contributed by atoms with Crippen LogP contribution in [0.2, 0.25) is 5.02 Å². The van der Waals surface area contributed by atoms with Crippen molar-refractivity contribution >= 4 is 17.5 Å². The molecule has 0 spiro atoms. The van der Waals surface area contributed by atoms with Gasteiger partial charge >= 0.3 is 6.18 Å². The number of hydrogen-bond acceptors (Lipinski definition) is 5. The molecule has 0 saturated heterocycles. The molecule has 164 valence electrons. The molecule has 32 heavy (non-hydrogen) atoms. The summed E-state index contributed by atoms with van der Waals surface area (Å²) in [5.41, 5.74) is -0.990. The van der Waals surface area contributed by atoms with Crippen molar-refractivity contribution in [3.05, 3.63) is 76.1 Å². The maximum absolute atomic E-state index is 12.9. The number of para-hydroxylation sites is 1. The van der Waals surface area contributed by atoms with Gasteiger partial charge in [-0.25, -0.2) is 0 Å². The van der Waals surface area contributed by atoms with Gasteiger partial charge in [-0.1, -0.05) is 29.8 Å². The molecular weight excluding hydrogens is 447 g/mol. The second-order valence-corrected chi connectivity index (χ2v) is 6.98. The number of alkyl halides is 3. The standard InChI is InChI=1S/C22H15ClF3N3O3/c1-32-19-5-3-2-4-12(19)10-29-21(31)15-7-14(17(23)8-18(15)30)16-11-28-20(22(24,25)26)6-13(16)9-27/h2-8,11,30H,10H2,1H3,(H,29,31). The Hall–Kier alpha value is -3.77. The topological polar surface area (TPSA) is 95.2 Å². The summed E-state index contributed by atoms with van der Waals surface area (Å²) < 4.78 is 44.0. The van der Waals surface area contributed by atoms with E-state index in [-0.39, 0.29) is 33.8 Å². The maximum Gasteiger partial charge on any atom is 0.433 e. The Balaban J connectivity index is 1.96. The molecule has 10 heteroatoms. The van der Waals surface area contributed by atoms with Crippen LogP contribution in [0.1, 0.15) is 27.2 Å². The van der Waals surface area contributed by atoms with Crippen LogP contribution in [0.5, 0.6) is 11.5 Å². The molecule has 1 heterocycles. The number of carbonyl (C=O) groups excluding carboxylic acids is 1. The highest BCUT2D eigenvalue weighted by atomic mass is 35.5. The summed E-state index contributed by atoms with van der Waals surface area (Å²) in [6.45, 7) is 0.0888. The Labute approximate surface area is 185 Å². The Morgan fingerprint density at radius 2 is 1.97 bits per heavy atom. The molecule has 1 amide bonds. The first-order valence-electron chi connectivity index (χ1n) is 9.06. The average molecular weight is 462 g/mol. The number of ether oxygens (including phenoxy) is 1. The summed E-state index contributed by atoms with van der Waals surface area (Å²) >= 11 is 6.14. The predicted molar refractivity (Wildman–Crippen MR) is 110 cm³/mol. The van der Waals surface area contributed by atoms with E-state index in [1.165, 1.54) is 13.2 Å².